The molecule has 3 aromatic carbocycles. The van der Waals surface area contributed by atoms with Crippen LogP contribution in [0.2, 0.25) is 0 Å². The predicted octanol–water partition coefficient (Wildman–Crippen LogP) is 5.19. The number of ether oxygens (including phenoxy) is 3. The van der Waals surface area contributed by atoms with Gasteiger partial charge in [-0.05, 0) is 66.6 Å². The van der Waals surface area contributed by atoms with Crippen LogP contribution in [0.4, 0.5) is 5.69 Å². The lowest BCUT2D eigenvalue weighted by atomic mass is 10.1. The van der Waals surface area contributed by atoms with Crippen LogP contribution in [0, 0.1) is 6.92 Å². The normalized spacial score (nSPS) is 10.9. The molecule has 3 aromatic rings. The standard InChI is InChI=1S/C26H25BrN2O5/c1-16-12-19(10-11-20(16)27)28-26(31)21(29-25(30)18-8-6-5-7-9-18)13-17-14-22(32-2)24(34-4)23(15-17)33-3/h5-15H,1-4H3,(H,28,31)(H,29,30). The molecule has 0 spiro atoms. The van der Waals surface area contributed by atoms with Crippen LogP contribution < -0.4 is 24.8 Å². The summed E-state index contributed by atoms with van der Waals surface area (Å²) in [5, 5.41) is 5.56. The van der Waals surface area contributed by atoms with Crippen LogP contribution in [0.5, 0.6) is 17.2 Å². The zero-order chi connectivity index (χ0) is 24.7. The van der Waals surface area contributed by atoms with E-state index in [4.69, 9.17) is 14.2 Å². The Hall–Kier alpha value is -3.78. The summed E-state index contributed by atoms with van der Waals surface area (Å²) < 4.78 is 17.1. The Bertz CT molecular complexity index is 1200. The molecule has 176 valence electrons. The van der Waals surface area contributed by atoms with Crippen molar-refractivity contribution >= 4 is 39.5 Å². The van der Waals surface area contributed by atoms with Gasteiger partial charge in [-0.15, -0.1) is 0 Å². The van der Waals surface area contributed by atoms with E-state index >= 15 is 0 Å². The molecule has 0 saturated carbocycles. The molecule has 0 radical (unpaired) electrons. The molecule has 8 heteroatoms. The van der Waals surface area contributed by atoms with Gasteiger partial charge in [0.1, 0.15) is 5.70 Å². The average molecular weight is 525 g/mol. The summed E-state index contributed by atoms with van der Waals surface area (Å²) in [5.41, 5.74) is 2.59. The molecule has 2 N–H and O–H groups in total. The zero-order valence-corrected chi connectivity index (χ0v) is 20.9. The van der Waals surface area contributed by atoms with E-state index in [2.05, 4.69) is 26.6 Å². The number of nitrogens with one attached hydrogen (secondary N) is 2. The van der Waals surface area contributed by atoms with Gasteiger partial charge in [-0.25, -0.2) is 0 Å². The molecule has 0 aromatic heterocycles. The van der Waals surface area contributed by atoms with Crippen LogP contribution >= 0.6 is 15.9 Å². The van der Waals surface area contributed by atoms with E-state index < -0.39 is 11.8 Å². The van der Waals surface area contributed by atoms with Gasteiger partial charge < -0.3 is 24.8 Å². The summed E-state index contributed by atoms with van der Waals surface area (Å²) >= 11 is 3.45. The van der Waals surface area contributed by atoms with Crippen molar-refractivity contribution in [1.29, 1.82) is 0 Å². The highest BCUT2D eigenvalue weighted by molar-refractivity contribution is 9.10. The molecule has 0 unspecified atom stereocenters. The molecule has 0 saturated heterocycles. The highest BCUT2D eigenvalue weighted by atomic mass is 79.9. The van der Waals surface area contributed by atoms with Gasteiger partial charge in [0, 0.05) is 15.7 Å². The molecule has 3 rings (SSSR count). The number of carbonyl (C=O) groups excluding carboxylic acids is 2. The Kier molecular flexibility index (Phi) is 8.32. The van der Waals surface area contributed by atoms with Crippen molar-refractivity contribution < 1.29 is 23.8 Å². The zero-order valence-electron chi connectivity index (χ0n) is 19.3. The fraction of sp³-hybridized carbons (Fsp3) is 0.154. The van der Waals surface area contributed by atoms with E-state index in [1.54, 1.807) is 48.5 Å². The second kappa shape index (κ2) is 11.4. The number of anilines is 1. The van der Waals surface area contributed by atoms with E-state index in [1.807, 2.05) is 25.1 Å². The third-order valence-electron chi connectivity index (χ3n) is 4.94. The monoisotopic (exact) mass is 524 g/mol. The predicted molar refractivity (Wildman–Crippen MR) is 135 cm³/mol. The third kappa shape index (κ3) is 5.96. The Balaban J connectivity index is 2.01. The lowest BCUT2D eigenvalue weighted by Gasteiger charge is -2.15. The SMILES string of the molecule is COc1cc(C=C(NC(=O)c2ccccc2)C(=O)Nc2ccc(Br)c(C)c2)cc(OC)c1OC. The molecule has 2 amide bonds. The van der Waals surface area contributed by atoms with Crippen molar-refractivity contribution in [2.24, 2.45) is 0 Å². The smallest absolute Gasteiger partial charge is 0.272 e. The first-order valence-electron chi connectivity index (χ1n) is 10.3. The summed E-state index contributed by atoms with van der Waals surface area (Å²) in [6.07, 6.45) is 1.55. The lowest BCUT2D eigenvalue weighted by Crippen LogP contribution is -2.30. The van der Waals surface area contributed by atoms with Gasteiger partial charge in [-0.1, -0.05) is 34.1 Å². The first-order valence-corrected chi connectivity index (χ1v) is 11.1. The summed E-state index contributed by atoms with van der Waals surface area (Å²) in [5.74, 6) is 0.365. The van der Waals surface area contributed by atoms with Crippen LogP contribution in [-0.4, -0.2) is 33.1 Å². The molecule has 0 aliphatic heterocycles. The van der Waals surface area contributed by atoms with Crippen molar-refractivity contribution in [3.05, 3.63) is 87.5 Å². The molecular formula is C26H25BrN2O5. The molecule has 0 aliphatic carbocycles. The van der Waals surface area contributed by atoms with Gasteiger partial charge in [0.15, 0.2) is 11.5 Å². The maximum atomic E-state index is 13.2. The number of hydrogen-bond acceptors (Lipinski definition) is 5. The lowest BCUT2D eigenvalue weighted by molar-refractivity contribution is -0.113. The molecule has 0 bridgehead atoms. The van der Waals surface area contributed by atoms with Crippen LogP contribution in [-0.2, 0) is 4.79 Å². The van der Waals surface area contributed by atoms with Gasteiger partial charge in [0.25, 0.3) is 11.8 Å². The number of methoxy groups -OCH3 is 3. The Morgan fingerprint density at radius 2 is 1.53 bits per heavy atom. The van der Waals surface area contributed by atoms with Gasteiger partial charge in [0.05, 0.1) is 21.3 Å². The van der Waals surface area contributed by atoms with Crippen LogP contribution in [0.25, 0.3) is 6.08 Å². The van der Waals surface area contributed by atoms with Crippen molar-refractivity contribution in [2.75, 3.05) is 26.6 Å². The molecule has 0 fully saturated rings. The summed E-state index contributed by atoms with van der Waals surface area (Å²) in [7, 11) is 4.52. The Labute approximate surface area is 206 Å². The number of hydrogen-bond donors (Lipinski definition) is 2. The van der Waals surface area contributed by atoms with E-state index in [1.165, 1.54) is 21.3 Å². The van der Waals surface area contributed by atoms with Crippen LogP contribution in [0.1, 0.15) is 21.5 Å². The van der Waals surface area contributed by atoms with Crippen LogP contribution in [0.3, 0.4) is 0 Å². The molecule has 0 aliphatic rings. The van der Waals surface area contributed by atoms with Gasteiger partial charge in [-0.2, -0.15) is 0 Å². The highest BCUT2D eigenvalue weighted by Gasteiger charge is 2.18. The number of rotatable bonds is 8. The fourth-order valence-corrected chi connectivity index (χ4v) is 3.46. The highest BCUT2D eigenvalue weighted by Crippen LogP contribution is 2.38. The largest absolute Gasteiger partial charge is 0.493 e. The minimum absolute atomic E-state index is 0.0451. The summed E-state index contributed by atoms with van der Waals surface area (Å²) in [6.45, 7) is 1.92. The Morgan fingerprint density at radius 3 is 2.09 bits per heavy atom. The van der Waals surface area contributed by atoms with E-state index in [0.717, 1.165) is 10.0 Å². The number of carbonyl (C=O) groups is 2. The van der Waals surface area contributed by atoms with E-state index in [0.29, 0.717) is 34.1 Å². The maximum Gasteiger partial charge on any atom is 0.272 e. The minimum atomic E-state index is -0.486. The second-order valence-electron chi connectivity index (χ2n) is 7.25. The average Bonchev–Trinajstić information content (AvgIpc) is 2.85. The number of aryl methyl sites for hydroxylation is 1. The van der Waals surface area contributed by atoms with Crippen molar-refractivity contribution in [1.82, 2.24) is 5.32 Å². The maximum absolute atomic E-state index is 13.2. The van der Waals surface area contributed by atoms with Gasteiger partial charge >= 0.3 is 0 Å². The van der Waals surface area contributed by atoms with E-state index in [9.17, 15) is 9.59 Å². The molecule has 7 nitrogen and oxygen atoms in total. The topological polar surface area (TPSA) is 85.9 Å². The third-order valence-corrected chi connectivity index (χ3v) is 5.83. The minimum Gasteiger partial charge on any atom is -0.493 e. The number of amides is 2. The quantitative estimate of drug-likeness (QED) is 0.396. The van der Waals surface area contributed by atoms with Crippen molar-refractivity contribution in [2.45, 2.75) is 6.92 Å². The molecular weight excluding hydrogens is 500 g/mol. The van der Waals surface area contributed by atoms with Crippen LogP contribution in [0.15, 0.2) is 70.8 Å². The van der Waals surface area contributed by atoms with Crippen molar-refractivity contribution in [3.63, 3.8) is 0 Å². The summed E-state index contributed by atoms with van der Waals surface area (Å²) in [4.78, 5) is 26.1. The van der Waals surface area contributed by atoms with Crippen molar-refractivity contribution in [3.8, 4) is 17.2 Å². The van der Waals surface area contributed by atoms with Gasteiger partial charge in [-0.3, -0.25) is 9.59 Å². The first-order chi connectivity index (χ1) is 16.4. The first kappa shape index (κ1) is 24.9. The molecule has 0 atom stereocenters. The van der Waals surface area contributed by atoms with E-state index in [-0.39, 0.29) is 5.70 Å². The van der Waals surface area contributed by atoms with Gasteiger partial charge in [0.2, 0.25) is 5.75 Å². The molecule has 34 heavy (non-hydrogen) atoms. The molecule has 0 heterocycles. The second-order valence-corrected chi connectivity index (χ2v) is 8.11. The summed E-state index contributed by atoms with van der Waals surface area (Å²) in [6, 6.07) is 17.5. The fourth-order valence-electron chi connectivity index (χ4n) is 3.21. The Morgan fingerprint density at radius 1 is 0.882 bits per heavy atom. The number of halogens is 1. The number of benzene rings is 3.